The van der Waals surface area contributed by atoms with Crippen LogP contribution in [0.5, 0.6) is 0 Å². The van der Waals surface area contributed by atoms with Crippen LogP contribution in [-0.2, 0) is 6.54 Å². The first-order valence-electron chi connectivity index (χ1n) is 7.79. The quantitative estimate of drug-likeness (QED) is 0.678. The monoisotopic (exact) mass is 338 g/mol. The summed E-state index contributed by atoms with van der Waals surface area (Å²) < 4.78 is 5.35. The van der Waals surface area contributed by atoms with Crippen molar-refractivity contribution in [3.8, 4) is 11.3 Å². The highest BCUT2D eigenvalue weighted by atomic mass is 32.2. The van der Waals surface area contributed by atoms with Crippen molar-refractivity contribution < 1.29 is 9.32 Å². The first kappa shape index (κ1) is 16.3. The molecule has 4 nitrogen and oxygen atoms in total. The maximum atomic E-state index is 12.4. The molecule has 1 heterocycles. The lowest BCUT2D eigenvalue weighted by Crippen LogP contribution is -2.23. The number of hydrogen-bond acceptors (Lipinski definition) is 4. The predicted molar refractivity (Wildman–Crippen MR) is 95.9 cm³/mol. The highest BCUT2D eigenvalue weighted by molar-refractivity contribution is 7.99. The molecule has 0 aliphatic heterocycles. The molecule has 0 aliphatic carbocycles. The van der Waals surface area contributed by atoms with Crippen LogP contribution in [0, 0.1) is 0 Å². The Bertz CT molecular complexity index is 815. The van der Waals surface area contributed by atoms with E-state index in [9.17, 15) is 4.79 Å². The van der Waals surface area contributed by atoms with Crippen LogP contribution in [0.1, 0.15) is 23.0 Å². The topological polar surface area (TPSA) is 55.1 Å². The zero-order valence-corrected chi connectivity index (χ0v) is 14.2. The Kier molecular flexibility index (Phi) is 5.33. The number of nitrogens with one attached hydrogen (secondary N) is 1. The van der Waals surface area contributed by atoms with Crippen molar-refractivity contribution in [2.24, 2.45) is 0 Å². The molecule has 122 valence electrons. The maximum Gasteiger partial charge on any atom is 0.252 e. The Morgan fingerprint density at radius 3 is 2.67 bits per heavy atom. The minimum Gasteiger partial charge on any atom is -0.356 e. The minimum atomic E-state index is -0.101. The molecule has 0 spiro atoms. The summed E-state index contributed by atoms with van der Waals surface area (Å²) in [4.78, 5) is 13.4. The van der Waals surface area contributed by atoms with Gasteiger partial charge in [-0.15, -0.1) is 11.8 Å². The summed E-state index contributed by atoms with van der Waals surface area (Å²) in [6, 6.07) is 19.2. The molecule has 2 aromatic carbocycles. The van der Waals surface area contributed by atoms with E-state index in [2.05, 4.69) is 17.4 Å². The molecule has 0 unspecified atom stereocenters. The average molecular weight is 338 g/mol. The second-order valence-electron chi connectivity index (χ2n) is 5.16. The average Bonchev–Trinajstić information content (AvgIpc) is 3.10. The van der Waals surface area contributed by atoms with Gasteiger partial charge in [-0.1, -0.05) is 54.5 Å². The molecule has 5 heteroatoms. The molecule has 1 aromatic heterocycles. The van der Waals surface area contributed by atoms with Gasteiger partial charge in [-0.3, -0.25) is 4.79 Å². The lowest BCUT2D eigenvalue weighted by molar-refractivity contribution is 0.0947. The van der Waals surface area contributed by atoms with E-state index >= 15 is 0 Å². The number of carbonyl (C=O) groups is 1. The van der Waals surface area contributed by atoms with Gasteiger partial charge in [-0.2, -0.15) is 0 Å². The minimum absolute atomic E-state index is 0.101. The highest BCUT2D eigenvalue weighted by Gasteiger charge is 2.12. The van der Waals surface area contributed by atoms with Crippen molar-refractivity contribution in [2.45, 2.75) is 18.4 Å². The fourth-order valence-electron chi connectivity index (χ4n) is 2.34. The number of hydrogen-bond donors (Lipinski definition) is 1. The molecule has 0 saturated heterocycles. The van der Waals surface area contributed by atoms with Gasteiger partial charge >= 0.3 is 0 Å². The third-order valence-corrected chi connectivity index (χ3v) is 4.43. The summed E-state index contributed by atoms with van der Waals surface area (Å²) in [5, 5.41) is 6.93. The SMILES string of the molecule is CCSc1ccccc1C(=O)NCc1cc(-c2ccccc2)on1. The van der Waals surface area contributed by atoms with E-state index in [4.69, 9.17) is 4.52 Å². The van der Waals surface area contributed by atoms with Crippen LogP contribution in [0.15, 0.2) is 70.1 Å². The molecule has 24 heavy (non-hydrogen) atoms. The molecule has 3 rings (SSSR count). The van der Waals surface area contributed by atoms with Crippen LogP contribution in [0.25, 0.3) is 11.3 Å². The van der Waals surface area contributed by atoms with Gasteiger partial charge in [0.1, 0.15) is 5.69 Å². The lowest BCUT2D eigenvalue weighted by atomic mass is 10.1. The highest BCUT2D eigenvalue weighted by Crippen LogP contribution is 2.22. The molecule has 0 fully saturated rings. The van der Waals surface area contributed by atoms with Gasteiger partial charge in [-0.05, 0) is 17.9 Å². The molecule has 3 aromatic rings. The zero-order valence-electron chi connectivity index (χ0n) is 13.4. The van der Waals surface area contributed by atoms with Gasteiger partial charge in [0, 0.05) is 16.5 Å². The number of nitrogens with zero attached hydrogens (tertiary/aromatic N) is 1. The summed E-state index contributed by atoms with van der Waals surface area (Å²) in [7, 11) is 0. The molecule has 1 N–H and O–H groups in total. The van der Waals surface area contributed by atoms with E-state index in [0.717, 1.165) is 16.2 Å². The summed E-state index contributed by atoms with van der Waals surface area (Å²) in [6.45, 7) is 2.40. The number of benzene rings is 2. The molecule has 0 radical (unpaired) electrons. The zero-order chi connectivity index (χ0) is 16.8. The van der Waals surface area contributed by atoms with Crippen molar-refractivity contribution in [3.63, 3.8) is 0 Å². The molecule has 0 bridgehead atoms. The summed E-state index contributed by atoms with van der Waals surface area (Å²) in [5.74, 6) is 1.52. The van der Waals surface area contributed by atoms with Crippen molar-refractivity contribution in [2.75, 3.05) is 5.75 Å². The van der Waals surface area contributed by atoms with Crippen molar-refractivity contribution in [1.82, 2.24) is 10.5 Å². The second kappa shape index (κ2) is 7.84. The van der Waals surface area contributed by atoms with Gasteiger partial charge in [0.15, 0.2) is 5.76 Å². The third kappa shape index (κ3) is 3.86. The van der Waals surface area contributed by atoms with Crippen LogP contribution < -0.4 is 5.32 Å². The standard InChI is InChI=1S/C19H18N2O2S/c1-2-24-18-11-7-6-10-16(18)19(22)20-13-15-12-17(23-21-15)14-8-4-3-5-9-14/h3-12H,2,13H2,1H3,(H,20,22). The normalized spacial score (nSPS) is 10.5. The molecular weight excluding hydrogens is 320 g/mol. The molecule has 0 aliphatic rings. The predicted octanol–water partition coefficient (Wildman–Crippen LogP) is 4.38. The van der Waals surface area contributed by atoms with Crippen molar-refractivity contribution >= 4 is 17.7 Å². The van der Waals surface area contributed by atoms with E-state index in [-0.39, 0.29) is 5.91 Å². The molecular formula is C19H18N2O2S. The van der Waals surface area contributed by atoms with E-state index in [1.165, 1.54) is 0 Å². The Hall–Kier alpha value is -2.53. The number of aromatic nitrogens is 1. The fraction of sp³-hybridized carbons (Fsp3) is 0.158. The van der Waals surface area contributed by atoms with Crippen molar-refractivity contribution in [1.29, 1.82) is 0 Å². The molecule has 0 atom stereocenters. The summed E-state index contributed by atoms with van der Waals surface area (Å²) >= 11 is 1.66. The lowest BCUT2D eigenvalue weighted by Gasteiger charge is -2.07. The number of carbonyl (C=O) groups excluding carboxylic acids is 1. The third-order valence-electron chi connectivity index (χ3n) is 3.48. The Morgan fingerprint density at radius 2 is 1.88 bits per heavy atom. The van der Waals surface area contributed by atoms with E-state index < -0.39 is 0 Å². The molecule has 1 amide bonds. The Labute approximate surface area is 145 Å². The largest absolute Gasteiger partial charge is 0.356 e. The first-order chi connectivity index (χ1) is 11.8. The first-order valence-corrected chi connectivity index (χ1v) is 8.77. The number of thioether (sulfide) groups is 1. The van der Waals surface area contributed by atoms with E-state index in [1.807, 2.05) is 60.7 Å². The second-order valence-corrected chi connectivity index (χ2v) is 6.47. The van der Waals surface area contributed by atoms with Crippen LogP contribution in [0.2, 0.25) is 0 Å². The van der Waals surface area contributed by atoms with E-state index in [0.29, 0.717) is 23.6 Å². The molecule has 0 saturated carbocycles. The smallest absolute Gasteiger partial charge is 0.252 e. The number of rotatable bonds is 6. The fourth-order valence-corrected chi connectivity index (χ4v) is 3.14. The van der Waals surface area contributed by atoms with Crippen LogP contribution in [0.4, 0.5) is 0 Å². The van der Waals surface area contributed by atoms with E-state index in [1.54, 1.807) is 11.8 Å². The van der Waals surface area contributed by atoms with Crippen LogP contribution in [0.3, 0.4) is 0 Å². The van der Waals surface area contributed by atoms with Gasteiger partial charge in [-0.25, -0.2) is 0 Å². The number of amides is 1. The Balaban J connectivity index is 1.66. The van der Waals surface area contributed by atoms with Crippen LogP contribution in [-0.4, -0.2) is 16.8 Å². The van der Waals surface area contributed by atoms with Crippen molar-refractivity contribution in [3.05, 3.63) is 71.9 Å². The van der Waals surface area contributed by atoms with Crippen LogP contribution >= 0.6 is 11.8 Å². The van der Waals surface area contributed by atoms with Gasteiger partial charge in [0.2, 0.25) is 0 Å². The summed E-state index contributed by atoms with van der Waals surface area (Å²) in [6.07, 6.45) is 0. The summed E-state index contributed by atoms with van der Waals surface area (Å²) in [5.41, 5.74) is 2.35. The van der Waals surface area contributed by atoms with Gasteiger partial charge < -0.3 is 9.84 Å². The van der Waals surface area contributed by atoms with Gasteiger partial charge in [0.25, 0.3) is 5.91 Å². The maximum absolute atomic E-state index is 12.4. The van der Waals surface area contributed by atoms with Gasteiger partial charge in [0.05, 0.1) is 12.1 Å². The Morgan fingerprint density at radius 1 is 1.12 bits per heavy atom.